The van der Waals surface area contributed by atoms with Gasteiger partial charge in [-0.1, -0.05) is 18.2 Å². The van der Waals surface area contributed by atoms with Crippen molar-refractivity contribution in [1.82, 2.24) is 9.97 Å². The number of carbonyl (C=O) groups excluding carboxylic acids is 1. The zero-order chi connectivity index (χ0) is 15.3. The topological polar surface area (TPSA) is 47.2 Å². The van der Waals surface area contributed by atoms with E-state index >= 15 is 0 Å². The van der Waals surface area contributed by atoms with Crippen LogP contribution in [-0.2, 0) is 24.1 Å². The summed E-state index contributed by atoms with van der Waals surface area (Å²) >= 11 is 6.06. The first-order valence-corrected chi connectivity index (χ1v) is 7.63. The fourth-order valence-corrected chi connectivity index (χ4v) is 3.71. The molecule has 0 fully saturated rings. The van der Waals surface area contributed by atoms with Crippen LogP contribution in [0.3, 0.4) is 0 Å². The summed E-state index contributed by atoms with van der Waals surface area (Å²) < 4.78 is 0. The van der Waals surface area contributed by atoms with E-state index in [-0.39, 0.29) is 11.1 Å². The van der Waals surface area contributed by atoms with Crippen LogP contribution in [0.15, 0.2) is 18.2 Å². The van der Waals surface area contributed by atoms with Crippen molar-refractivity contribution in [1.29, 1.82) is 0 Å². The van der Waals surface area contributed by atoms with Crippen molar-refractivity contribution in [2.45, 2.75) is 31.6 Å². The summed E-state index contributed by atoms with van der Waals surface area (Å²) in [4.78, 5) is 24.7. The lowest BCUT2D eigenvalue weighted by molar-refractivity contribution is -0.118. The van der Waals surface area contributed by atoms with Crippen LogP contribution < -0.4 is 0 Å². The Kier molecular flexibility index (Phi) is 2.98. The summed E-state index contributed by atoms with van der Waals surface area (Å²) in [5, 5.41) is 0.207. The van der Waals surface area contributed by atoms with E-state index in [1.165, 1.54) is 0 Å². The third-order valence-corrected chi connectivity index (χ3v) is 4.64. The summed E-state index contributed by atoms with van der Waals surface area (Å²) in [7, 11) is 0. The van der Waals surface area contributed by atoms with Crippen molar-refractivity contribution in [3.63, 3.8) is 0 Å². The van der Waals surface area contributed by atoms with Crippen LogP contribution in [0.25, 0.3) is 4.85 Å². The van der Waals surface area contributed by atoms with Crippen LogP contribution >= 0.6 is 11.6 Å². The first-order valence-electron chi connectivity index (χ1n) is 7.25. The predicted octanol–water partition coefficient (Wildman–Crippen LogP) is 3.43. The van der Waals surface area contributed by atoms with Gasteiger partial charge >= 0.3 is 0 Å². The molecule has 1 atom stereocenters. The highest BCUT2D eigenvalue weighted by Crippen LogP contribution is 2.40. The number of carbonyl (C=O) groups is 1. The number of aryl methyl sites for hydroxylation is 1. The monoisotopic (exact) mass is 309 g/mol. The number of ketones is 1. The van der Waals surface area contributed by atoms with Gasteiger partial charge in [0.2, 0.25) is 5.28 Å². The molecule has 0 spiro atoms. The average molecular weight is 310 g/mol. The second-order valence-electron chi connectivity index (χ2n) is 5.73. The van der Waals surface area contributed by atoms with Crippen LogP contribution in [0.5, 0.6) is 0 Å². The molecule has 0 amide bonds. The number of hydrogen-bond donors (Lipinski definition) is 0. The molecule has 4 nitrogen and oxygen atoms in total. The van der Waals surface area contributed by atoms with Crippen molar-refractivity contribution in [2.75, 3.05) is 0 Å². The molecule has 0 N–H and O–H groups in total. The number of halogens is 1. The molecule has 0 aliphatic heterocycles. The number of hydrogen-bond acceptors (Lipinski definition) is 3. The first-order chi connectivity index (χ1) is 10.7. The maximum absolute atomic E-state index is 12.6. The lowest BCUT2D eigenvalue weighted by Crippen LogP contribution is -2.13. The summed E-state index contributed by atoms with van der Waals surface area (Å²) in [5.41, 5.74) is 5.24. The van der Waals surface area contributed by atoms with Gasteiger partial charge in [-0.2, -0.15) is 0 Å². The lowest BCUT2D eigenvalue weighted by Gasteiger charge is -2.14. The predicted molar refractivity (Wildman–Crippen MR) is 82.3 cm³/mol. The van der Waals surface area contributed by atoms with E-state index in [0.717, 1.165) is 47.3 Å². The molecule has 1 unspecified atom stereocenters. The summed E-state index contributed by atoms with van der Waals surface area (Å²) in [6.07, 6.45) is 3.20. The van der Waals surface area contributed by atoms with Gasteiger partial charge in [-0.05, 0) is 47.6 Å². The zero-order valence-corrected chi connectivity index (χ0v) is 12.5. The van der Waals surface area contributed by atoms with Crippen molar-refractivity contribution in [2.24, 2.45) is 0 Å². The largest absolute Gasteiger partial charge is 0.298 e. The summed E-state index contributed by atoms with van der Waals surface area (Å²) in [5.74, 6) is -0.273. The number of Topliss-reactive ketones (excluding diaryl/α,β-unsaturated/α-hetero) is 1. The van der Waals surface area contributed by atoms with E-state index in [1.807, 2.05) is 12.1 Å². The van der Waals surface area contributed by atoms with Crippen molar-refractivity contribution in [3.8, 4) is 0 Å². The minimum atomic E-state index is -0.399. The fourth-order valence-electron chi connectivity index (χ4n) is 3.51. The van der Waals surface area contributed by atoms with Gasteiger partial charge in [0, 0.05) is 12.1 Å². The third kappa shape index (κ3) is 1.93. The molecule has 108 valence electrons. The Morgan fingerprint density at radius 3 is 2.95 bits per heavy atom. The molecule has 0 saturated carbocycles. The molecular formula is C17H12ClN3O. The Hall–Kier alpha value is -2.25. The van der Waals surface area contributed by atoms with Gasteiger partial charge in [-0.15, -0.1) is 0 Å². The minimum absolute atomic E-state index is 0.126. The van der Waals surface area contributed by atoms with Gasteiger partial charge in [0.15, 0.2) is 11.5 Å². The molecule has 2 aliphatic rings. The van der Waals surface area contributed by atoms with E-state index in [4.69, 9.17) is 18.2 Å². The lowest BCUT2D eigenvalue weighted by atomic mass is 9.92. The fraction of sp³-hybridized carbons (Fsp3) is 0.294. The van der Waals surface area contributed by atoms with Crippen LogP contribution in [0.4, 0.5) is 5.69 Å². The molecule has 2 aliphatic carbocycles. The Balaban J connectivity index is 1.92. The zero-order valence-electron chi connectivity index (χ0n) is 11.8. The molecule has 5 heteroatoms. The van der Waals surface area contributed by atoms with E-state index in [2.05, 4.69) is 14.8 Å². The molecule has 0 radical (unpaired) electrons. The van der Waals surface area contributed by atoms with Crippen molar-refractivity contribution in [3.05, 3.63) is 63.0 Å². The SMILES string of the molecule is [C-]#[N+]c1ccc2c(c1)C(c1nc(Cl)nc3c1CCC3)C(=O)C2. The molecular weight excluding hydrogens is 298 g/mol. The van der Waals surface area contributed by atoms with Crippen LogP contribution in [0.2, 0.25) is 5.28 Å². The molecule has 0 bridgehead atoms. The van der Waals surface area contributed by atoms with Crippen LogP contribution in [-0.4, -0.2) is 15.8 Å². The van der Waals surface area contributed by atoms with Gasteiger partial charge in [-0.3, -0.25) is 4.79 Å². The number of benzene rings is 1. The maximum Gasteiger partial charge on any atom is 0.222 e. The van der Waals surface area contributed by atoms with Crippen molar-refractivity contribution >= 4 is 23.1 Å². The van der Waals surface area contributed by atoms with Gasteiger partial charge in [0.05, 0.1) is 18.2 Å². The Bertz CT molecular complexity index is 854. The van der Waals surface area contributed by atoms with Gasteiger partial charge in [0.25, 0.3) is 0 Å². The smallest absolute Gasteiger partial charge is 0.222 e. The highest BCUT2D eigenvalue weighted by atomic mass is 35.5. The molecule has 22 heavy (non-hydrogen) atoms. The van der Waals surface area contributed by atoms with E-state index in [0.29, 0.717) is 12.1 Å². The molecule has 4 rings (SSSR count). The number of nitrogens with zero attached hydrogens (tertiary/aromatic N) is 3. The van der Waals surface area contributed by atoms with Crippen LogP contribution in [0.1, 0.15) is 40.4 Å². The van der Waals surface area contributed by atoms with Gasteiger partial charge in [0.1, 0.15) is 0 Å². The number of rotatable bonds is 1. The summed E-state index contributed by atoms with van der Waals surface area (Å²) in [6.45, 7) is 7.18. The highest BCUT2D eigenvalue weighted by Gasteiger charge is 2.36. The Morgan fingerprint density at radius 2 is 2.14 bits per heavy atom. The molecule has 0 saturated heterocycles. The number of fused-ring (bicyclic) bond motifs is 2. The molecule has 1 heterocycles. The molecule has 1 aromatic carbocycles. The van der Waals surface area contributed by atoms with E-state index in [9.17, 15) is 4.79 Å². The number of aromatic nitrogens is 2. The van der Waals surface area contributed by atoms with Crippen molar-refractivity contribution < 1.29 is 4.79 Å². The maximum atomic E-state index is 12.6. The van der Waals surface area contributed by atoms with E-state index in [1.54, 1.807) is 6.07 Å². The average Bonchev–Trinajstić information content (AvgIpc) is 3.08. The minimum Gasteiger partial charge on any atom is -0.298 e. The Morgan fingerprint density at radius 1 is 1.27 bits per heavy atom. The molecule has 2 aromatic rings. The summed E-state index contributed by atoms with van der Waals surface area (Å²) in [6, 6.07) is 5.46. The Labute approximate surface area is 133 Å². The highest BCUT2D eigenvalue weighted by molar-refractivity contribution is 6.28. The van der Waals surface area contributed by atoms with Crippen LogP contribution in [0, 0.1) is 6.57 Å². The second kappa shape index (κ2) is 4.89. The first kappa shape index (κ1) is 13.4. The standard InChI is InChI=1S/C17H12ClN3O/c1-19-10-6-5-9-7-14(22)15(12(9)8-10)16-11-3-2-4-13(11)20-17(18)21-16/h5-6,8,15H,2-4,7H2. The molecule has 1 aromatic heterocycles. The van der Waals surface area contributed by atoms with Gasteiger partial charge in [-0.25, -0.2) is 14.8 Å². The van der Waals surface area contributed by atoms with E-state index < -0.39 is 5.92 Å². The van der Waals surface area contributed by atoms with Gasteiger partial charge < -0.3 is 0 Å². The normalized spacial score (nSPS) is 18.9. The second-order valence-corrected chi connectivity index (χ2v) is 6.07. The quantitative estimate of drug-likeness (QED) is 0.599. The third-order valence-electron chi connectivity index (χ3n) is 4.47.